The van der Waals surface area contributed by atoms with Crippen LogP contribution in [0.2, 0.25) is 5.02 Å². The van der Waals surface area contributed by atoms with Crippen molar-refractivity contribution in [1.82, 2.24) is 0 Å². The van der Waals surface area contributed by atoms with E-state index in [1.165, 1.54) is 0 Å². The SMILES string of the molecule is Cc1cc(C2(N)CC2)c(C)c(Cl)c1O. The van der Waals surface area contributed by atoms with E-state index < -0.39 is 0 Å². The molecule has 0 amide bonds. The van der Waals surface area contributed by atoms with Gasteiger partial charge in [0.2, 0.25) is 0 Å². The van der Waals surface area contributed by atoms with Crippen molar-refractivity contribution in [3.63, 3.8) is 0 Å². The molecule has 3 heteroatoms. The number of hydrogen-bond donors (Lipinski definition) is 2. The lowest BCUT2D eigenvalue weighted by molar-refractivity contribution is 0.470. The highest BCUT2D eigenvalue weighted by atomic mass is 35.5. The number of aromatic hydroxyl groups is 1. The van der Waals surface area contributed by atoms with Crippen LogP contribution in [0.15, 0.2) is 6.07 Å². The van der Waals surface area contributed by atoms with Crippen LogP contribution in [-0.4, -0.2) is 5.11 Å². The third-order valence-electron chi connectivity index (χ3n) is 3.00. The molecule has 1 aliphatic rings. The molecule has 76 valence electrons. The molecule has 2 rings (SSSR count). The summed E-state index contributed by atoms with van der Waals surface area (Å²) in [6.07, 6.45) is 2.02. The van der Waals surface area contributed by atoms with Gasteiger partial charge in [0.05, 0.1) is 5.02 Å². The molecule has 0 aromatic heterocycles. The van der Waals surface area contributed by atoms with Crippen LogP contribution in [0.3, 0.4) is 0 Å². The summed E-state index contributed by atoms with van der Waals surface area (Å²) in [6.45, 7) is 3.75. The molecule has 0 aliphatic heterocycles. The molecule has 1 aromatic rings. The molecule has 1 fully saturated rings. The minimum atomic E-state index is -0.188. The van der Waals surface area contributed by atoms with Gasteiger partial charge in [-0.2, -0.15) is 0 Å². The fourth-order valence-electron chi connectivity index (χ4n) is 1.78. The second-order valence-electron chi connectivity index (χ2n) is 4.18. The lowest BCUT2D eigenvalue weighted by Gasteiger charge is -2.16. The largest absolute Gasteiger partial charge is 0.506 e. The minimum absolute atomic E-state index is 0.178. The summed E-state index contributed by atoms with van der Waals surface area (Å²) in [5.74, 6) is 0.178. The van der Waals surface area contributed by atoms with Crippen LogP contribution in [-0.2, 0) is 5.54 Å². The third kappa shape index (κ3) is 1.30. The molecular weight excluding hydrogens is 198 g/mol. The van der Waals surface area contributed by atoms with Crippen LogP contribution in [0.25, 0.3) is 0 Å². The van der Waals surface area contributed by atoms with Gasteiger partial charge in [0, 0.05) is 5.54 Å². The van der Waals surface area contributed by atoms with E-state index in [1.807, 2.05) is 19.9 Å². The maximum atomic E-state index is 9.62. The Morgan fingerprint density at radius 3 is 2.50 bits per heavy atom. The average molecular weight is 212 g/mol. The van der Waals surface area contributed by atoms with Gasteiger partial charge >= 0.3 is 0 Å². The van der Waals surface area contributed by atoms with Gasteiger partial charge in [-0.25, -0.2) is 0 Å². The highest BCUT2D eigenvalue weighted by molar-refractivity contribution is 6.33. The number of aryl methyl sites for hydroxylation is 1. The van der Waals surface area contributed by atoms with Crippen molar-refractivity contribution < 1.29 is 5.11 Å². The molecule has 0 atom stereocenters. The van der Waals surface area contributed by atoms with Crippen LogP contribution < -0.4 is 5.73 Å². The first-order valence-corrected chi connectivity index (χ1v) is 5.11. The molecule has 1 aromatic carbocycles. The van der Waals surface area contributed by atoms with E-state index in [2.05, 4.69) is 0 Å². The van der Waals surface area contributed by atoms with Crippen molar-refractivity contribution in [1.29, 1.82) is 0 Å². The summed E-state index contributed by atoms with van der Waals surface area (Å²) < 4.78 is 0. The van der Waals surface area contributed by atoms with Crippen molar-refractivity contribution >= 4 is 11.6 Å². The van der Waals surface area contributed by atoms with Gasteiger partial charge in [-0.15, -0.1) is 0 Å². The van der Waals surface area contributed by atoms with Gasteiger partial charge in [0.1, 0.15) is 5.75 Å². The zero-order valence-corrected chi connectivity index (χ0v) is 9.15. The van der Waals surface area contributed by atoms with Gasteiger partial charge < -0.3 is 10.8 Å². The maximum absolute atomic E-state index is 9.62. The number of nitrogens with two attached hydrogens (primary N) is 1. The predicted octanol–water partition coefficient (Wildman–Crippen LogP) is 2.61. The highest BCUT2D eigenvalue weighted by Crippen LogP contribution is 2.47. The van der Waals surface area contributed by atoms with Gasteiger partial charge in [0.15, 0.2) is 0 Å². The maximum Gasteiger partial charge on any atom is 0.137 e. The van der Waals surface area contributed by atoms with Crippen LogP contribution in [0.1, 0.15) is 29.5 Å². The fourth-order valence-corrected chi connectivity index (χ4v) is 2.03. The summed E-state index contributed by atoms with van der Waals surface area (Å²) in [7, 11) is 0. The molecule has 0 unspecified atom stereocenters. The van der Waals surface area contributed by atoms with E-state index in [0.29, 0.717) is 5.02 Å². The number of phenols is 1. The Balaban J connectivity index is 2.62. The van der Waals surface area contributed by atoms with E-state index in [0.717, 1.165) is 29.5 Å². The zero-order chi connectivity index (χ0) is 10.5. The van der Waals surface area contributed by atoms with Crippen molar-refractivity contribution in [2.75, 3.05) is 0 Å². The van der Waals surface area contributed by atoms with E-state index in [4.69, 9.17) is 17.3 Å². The number of hydrogen-bond acceptors (Lipinski definition) is 2. The molecule has 0 radical (unpaired) electrons. The molecular formula is C11H14ClNO. The van der Waals surface area contributed by atoms with Crippen molar-refractivity contribution in [2.45, 2.75) is 32.2 Å². The number of halogens is 1. The summed E-state index contributed by atoms with van der Waals surface area (Å²) in [5, 5.41) is 10.1. The molecule has 0 heterocycles. The molecule has 1 aliphatic carbocycles. The Kier molecular flexibility index (Phi) is 2.02. The molecule has 0 spiro atoms. The smallest absolute Gasteiger partial charge is 0.137 e. The molecule has 0 bridgehead atoms. The Bertz CT molecular complexity index is 397. The van der Waals surface area contributed by atoms with Crippen LogP contribution in [0.5, 0.6) is 5.75 Å². The monoisotopic (exact) mass is 211 g/mol. The van der Waals surface area contributed by atoms with Crippen molar-refractivity contribution in [2.24, 2.45) is 5.73 Å². The summed E-state index contributed by atoms with van der Waals surface area (Å²) >= 11 is 6.02. The quantitative estimate of drug-likeness (QED) is 0.750. The number of rotatable bonds is 1. The number of benzene rings is 1. The van der Waals surface area contributed by atoms with E-state index in [-0.39, 0.29) is 11.3 Å². The van der Waals surface area contributed by atoms with Crippen molar-refractivity contribution in [3.05, 3.63) is 27.8 Å². The van der Waals surface area contributed by atoms with Gasteiger partial charge in [-0.3, -0.25) is 0 Å². The lowest BCUT2D eigenvalue weighted by atomic mass is 9.97. The molecule has 2 nitrogen and oxygen atoms in total. The average Bonchev–Trinajstić information content (AvgIpc) is 2.87. The summed E-state index contributed by atoms with van der Waals surface area (Å²) in [6, 6.07) is 1.95. The van der Waals surface area contributed by atoms with E-state index >= 15 is 0 Å². The Morgan fingerprint density at radius 1 is 1.43 bits per heavy atom. The molecule has 1 saturated carbocycles. The first-order valence-electron chi connectivity index (χ1n) is 4.74. The Hall–Kier alpha value is -0.730. The van der Waals surface area contributed by atoms with Crippen LogP contribution in [0.4, 0.5) is 0 Å². The standard InChI is InChI=1S/C11H14ClNO/c1-6-5-8(11(13)3-4-11)7(2)9(12)10(6)14/h5,14H,3-4,13H2,1-2H3. The molecule has 14 heavy (non-hydrogen) atoms. The molecule has 0 saturated heterocycles. The molecule has 3 N–H and O–H groups in total. The first-order chi connectivity index (χ1) is 6.46. The fraction of sp³-hybridized carbons (Fsp3) is 0.455. The number of phenolic OH excluding ortho intramolecular Hbond substituents is 1. The van der Waals surface area contributed by atoms with Gasteiger partial charge in [-0.05, 0) is 43.4 Å². The van der Waals surface area contributed by atoms with Crippen LogP contribution in [0, 0.1) is 13.8 Å². The topological polar surface area (TPSA) is 46.2 Å². The van der Waals surface area contributed by atoms with Crippen molar-refractivity contribution in [3.8, 4) is 5.75 Å². The summed E-state index contributed by atoms with van der Waals surface area (Å²) in [5.41, 5.74) is 8.72. The van der Waals surface area contributed by atoms with E-state index in [9.17, 15) is 5.11 Å². The minimum Gasteiger partial charge on any atom is -0.506 e. The normalized spacial score (nSPS) is 18.3. The zero-order valence-electron chi connectivity index (χ0n) is 8.39. The highest BCUT2D eigenvalue weighted by Gasteiger charge is 2.41. The predicted molar refractivity (Wildman–Crippen MR) is 57.7 cm³/mol. The van der Waals surface area contributed by atoms with Crippen LogP contribution >= 0.6 is 11.6 Å². The van der Waals surface area contributed by atoms with Gasteiger partial charge in [0.25, 0.3) is 0 Å². The van der Waals surface area contributed by atoms with Gasteiger partial charge in [-0.1, -0.05) is 17.7 Å². The Labute approximate surface area is 88.7 Å². The first kappa shape index (κ1) is 9.81. The van der Waals surface area contributed by atoms with E-state index in [1.54, 1.807) is 0 Å². The third-order valence-corrected chi connectivity index (χ3v) is 3.46. The second kappa shape index (κ2) is 2.88. The Morgan fingerprint density at radius 2 is 2.00 bits per heavy atom. The lowest BCUT2D eigenvalue weighted by Crippen LogP contribution is -2.20. The summed E-state index contributed by atoms with van der Waals surface area (Å²) in [4.78, 5) is 0. The second-order valence-corrected chi connectivity index (χ2v) is 4.56.